The van der Waals surface area contributed by atoms with Crippen molar-refractivity contribution < 1.29 is 4.74 Å². The van der Waals surface area contributed by atoms with Crippen LogP contribution in [0, 0.1) is 0 Å². The van der Waals surface area contributed by atoms with E-state index in [1.165, 1.54) is 16.9 Å². The summed E-state index contributed by atoms with van der Waals surface area (Å²) >= 11 is 1.52. The lowest BCUT2D eigenvalue weighted by Gasteiger charge is -2.06. The summed E-state index contributed by atoms with van der Waals surface area (Å²) < 4.78 is 6.84. The summed E-state index contributed by atoms with van der Waals surface area (Å²) in [4.78, 5) is 4.38. The predicted molar refractivity (Wildman–Crippen MR) is 79.7 cm³/mol. The normalized spacial score (nSPS) is 10.7. The van der Waals surface area contributed by atoms with Crippen LogP contribution in [0.5, 0.6) is 5.75 Å². The molecule has 0 aliphatic rings. The quantitative estimate of drug-likeness (QED) is 0.789. The molecule has 1 aromatic heterocycles. The number of hydrogen-bond acceptors (Lipinski definition) is 4. The number of rotatable bonds is 4. The summed E-state index contributed by atoms with van der Waals surface area (Å²) in [5.41, 5.74) is 7.94. The van der Waals surface area contributed by atoms with Crippen molar-refractivity contribution in [1.82, 2.24) is 4.98 Å². The van der Waals surface area contributed by atoms with Crippen molar-refractivity contribution in [3.63, 3.8) is 0 Å². The van der Waals surface area contributed by atoms with E-state index in [0.29, 0.717) is 11.7 Å². The molecule has 2 N–H and O–H groups in total. The zero-order valence-electron chi connectivity index (χ0n) is 10.4. The highest BCUT2D eigenvalue weighted by Gasteiger charge is 2.06. The third-order valence-corrected chi connectivity index (χ3v) is 3.75. The lowest BCUT2D eigenvalue weighted by molar-refractivity contribution is 0.322. The van der Waals surface area contributed by atoms with E-state index in [9.17, 15) is 0 Å². The molecule has 3 rings (SSSR count). The number of fused-ring (bicyclic) bond motifs is 1. The van der Waals surface area contributed by atoms with Crippen LogP contribution in [0.3, 0.4) is 0 Å². The first kappa shape index (κ1) is 12.0. The molecule has 0 spiro atoms. The van der Waals surface area contributed by atoms with Gasteiger partial charge < -0.3 is 10.5 Å². The van der Waals surface area contributed by atoms with Gasteiger partial charge in [-0.15, -0.1) is 0 Å². The number of nitrogens with two attached hydrogens (primary N) is 1. The summed E-state index contributed by atoms with van der Waals surface area (Å²) in [6.07, 6.45) is 0.829. The maximum atomic E-state index is 5.76. The number of aromatic nitrogens is 1. The first-order valence-electron chi connectivity index (χ1n) is 6.15. The molecular weight excluding hydrogens is 256 g/mol. The fourth-order valence-corrected chi connectivity index (χ4v) is 2.80. The van der Waals surface area contributed by atoms with E-state index in [2.05, 4.69) is 11.1 Å². The Hall–Kier alpha value is -2.07. The van der Waals surface area contributed by atoms with Gasteiger partial charge in [0.2, 0.25) is 0 Å². The molecule has 0 aliphatic heterocycles. The molecule has 0 fully saturated rings. The van der Waals surface area contributed by atoms with Gasteiger partial charge in [0.25, 0.3) is 0 Å². The van der Waals surface area contributed by atoms with E-state index in [0.717, 1.165) is 22.4 Å². The lowest BCUT2D eigenvalue weighted by atomic mass is 10.1. The Morgan fingerprint density at radius 1 is 1.05 bits per heavy atom. The lowest BCUT2D eigenvalue weighted by Crippen LogP contribution is -2.01. The molecule has 0 atom stereocenters. The monoisotopic (exact) mass is 270 g/mol. The van der Waals surface area contributed by atoms with Gasteiger partial charge in [0, 0.05) is 6.42 Å². The van der Waals surface area contributed by atoms with E-state index < -0.39 is 0 Å². The zero-order valence-corrected chi connectivity index (χ0v) is 11.2. The van der Waals surface area contributed by atoms with Crippen molar-refractivity contribution in [3.8, 4) is 5.75 Å². The Morgan fingerprint density at radius 2 is 1.89 bits per heavy atom. The number of nitrogens with zero attached hydrogens (tertiary/aromatic N) is 1. The minimum absolute atomic E-state index is 0.617. The number of hydrogen-bond donors (Lipinski definition) is 1. The van der Waals surface area contributed by atoms with Crippen LogP contribution in [-0.2, 0) is 6.42 Å². The number of benzene rings is 2. The molecule has 3 aromatic rings. The number of anilines is 1. The summed E-state index contributed by atoms with van der Waals surface area (Å²) in [5, 5.41) is 0.617. The predicted octanol–water partition coefficient (Wildman–Crippen LogP) is 3.50. The summed E-state index contributed by atoms with van der Waals surface area (Å²) in [6, 6.07) is 16.0. The second-order valence-electron chi connectivity index (χ2n) is 4.23. The van der Waals surface area contributed by atoms with Gasteiger partial charge >= 0.3 is 0 Å². The van der Waals surface area contributed by atoms with Crippen molar-refractivity contribution in [2.45, 2.75) is 6.42 Å². The van der Waals surface area contributed by atoms with E-state index >= 15 is 0 Å². The van der Waals surface area contributed by atoms with E-state index in [1.54, 1.807) is 0 Å². The topological polar surface area (TPSA) is 48.1 Å². The van der Waals surface area contributed by atoms with Crippen molar-refractivity contribution in [2.75, 3.05) is 12.3 Å². The Morgan fingerprint density at radius 3 is 2.74 bits per heavy atom. The number of ether oxygens (including phenoxy) is 1. The van der Waals surface area contributed by atoms with Crippen molar-refractivity contribution in [2.24, 2.45) is 0 Å². The van der Waals surface area contributed by atoms with Gasteiger partial charge in [-0.1, -0.05) is 41.7 Å². The van der Waals surface area contributed by atoms with Gasteiger partial charge in [0.05, 0.1) is 16.8 Å². The molecular formula is C15H14N2OS. The maximum Gasteiger partial charge on any atom is 0.181 e. The van der Waals surface area contributed by atoms with Gasteiger partial charge in [-0.2, -0.15) is 0 Å². The molecule has 0 aliphatic carbocycles. The molecule has 4 heteroatoms. The molecule has 19 heavy (non-hydrogen) atoms. The highest BCUT2D eigenvalue weighted by atomic mass is 32.1. The van der Waals surface area contributed by atoms with E-state index in [-0.39, 0.29) is 0 Å². The van der Waals surface area contributed by atoms with Crippen LogP contribution in [0.1, 0.15) is 5.56 Å². The second kappa shape index (κ2) is 5.28. The molecule has 96 valence electrons. The number of nitrogen functional groups attached to an aromatic ring is 1. The number of thiazole rings is 1. The van der Waals surface area contributed by atoms with Crippen molar-refractivity contribution in [1.29, 1.82) is 0 Å². The highest BCUT2D eigenvalue weighted by Crippen LogP contribution is 2.26. The molecule has 0 amide bonds. The molecule has 0 saturated carbocycles. The standard InChI is InChI=1S/C15H14N2OS/c16-15-17-14-11(5-4-8-13(14)19-15)9-10-18-12-6-2-1-3-7-12/h1-8H,9-10H2,(H2,16,17). The molecule has 0 radical (unpaired) electrons. The van der Waals surface area contributed by atoms with Crippen LogP contribution in [-0.4, -0.2) is 11.6 Å². The largest absolute Gasteiger partial charge is 0.493 e. The smallest absolute Gasteiger partial charge is 0.181 e. The first-order valence-corrected chi connectivity index (χ1v) is 6.96. The SMILES string of the molecule is Nc1nc2c(CCOc3ccccc3)cccc2s1. The summed E-state index contributed by atoms with van der Waals surface area (Å²) in [7, 11) is 0. The van der Waals surface area contributed by atoms with Gasteiger partial charge in [-0.25, -0.2) is 4.98 Å². The molecule has 2 aromatic carbocycles. The minimum atomic E-state index is 0.617. The average molecular weight is 270 g/mol. The minimum Gasteiger partial charge on any atom is -0.493 e. The average Bonchev–Trinajstić information content (AvgIpc) is 2.81. The fraction of sp³-hybridized carbons (Fsp3) is 0.133. The van der Waals surface area contributed by atoms with E-state index in [1.807, 2.05) is 42.5 Å². The van der Waals surface area contributed by atoms with Crippen LogP contribution < -0.4 is 10.5 Å². The Labute approximate surface area is 115 Å². The molecule has 0 bridgehead atoms. The van der Waals surface area contributed by atoms with Gasteiger partial charge in [-0.05, 0) is 23.8 Å². The van der Waals surface area contributed by atoms with Crippen LogP contribution in [0.4, 0.5) is 5.13 Å². The van der Waals surface area contributed by atoms with Crippen molar-refractivity contribution >= 4 is 26.7 Å². The Kier molecular flexibility index (Phi) is 3.33. The fourth-order valence-electron chi connectivity index (χ4n) is 2.02. The van der Waals surface area contributed by atoms with Crippen LogP contribution >= 0.6 is 11.3 Å². The van der Waals surface area contributed by atoms with E-state index in [4.69, 9.17) is 10.5 Å². The third-order valence-electron chi connectivity index (χ3n) is 2.90. The molecule has 0 unspecified atom stereocenters. The van der Waals surface area contributed by atoms with Crippen LogP contribution in [0.2, 0.25) is 0 Å². The summed E-state index contributed by atoms with van der Waals surface area (Å²) in [5.74, 6) is 0.896. The third kappa shape index (κ3) is 2.69. The van der Waals surface area contributed by atoms with Gasteiger partial charge in [0.15, 0.2) is 5.13 Å². The van der Waals surface area contributed by atoms with Crippen LogP contribution in [0.15, 0.2) is 48.5 Å². The Bertz CT molecular complexity index is 679. The van der Waals surface area contributed by atoms with Crippen molar-refractivity contribution in [3.05, 3.63) is 54.1 Å². The Balaban J connectivity index is 1.72. The highest BCUT2D eigenvalue weighted by molar-refractivity contribution is 7.22. The van der Waals surface area contributed by atoms with Gasteiger partial charge in [-0.3, -0.25) is 0 Å². The van der Waals surface area contributed by atoms with Gasteiger partial charge in [0.1, 0.15) is 5.75 Å². The molecule has 1 heterocycles. The second-order valence-corrected chi connectivity index (χ2v) is 5.29. The number of para-hydroxylation sites is 2. The van der Waals surface area contributed by atoms with Crippen LogP contribution in [0.25, 0.3) is 10.2 Å². The first-order chi connectivity index (χ1) is 9.33. The summed E-state index contributed by atoms with van der Waals surface area (Å²) in [6.45, 7) is 0.639. The molecule has 0 saturated heterocycles. The maximum absolute atomic E-state index is 5.76. The zero-order chi connectivity index (χ0) is 13.1. The molecule has 3 nitrogen and oxygen atoms in total.